The van der Waals surface area contributed by atoms with Crippen molar-refractivity contribution in [2.45, 2.75) is 44.9 Å². The van der Waals surface area contributed by atoms with Gasteiger partial charge in [-0.1, -0.05) is 38.8 Å². The van der Waals surface area contributed by atoms with Gasteiger partial charge in [-0.05, 0) is 54.8 Å². The number of hydrogen-bond acceptors (Lipinski definition) is 3. The lowest BCUT2D eigenvalue weighted by Gasteiger charge is -2.33. The van der Waals surface area contributed by atoms with Crippen molar-refractivity contribution in [3.8, 4) is 11.5 Å². The maximum absolute atomic E-state index is 13.5. The van der Waals surface area contributed by atoms with Crippen LogP contribution in [0.1, 0.15) is 55.5 Å². The molecule has 134 valence electrons. The Bertz CT molecular complexity index is 665. The van der Waals surface area contributed by atoms with Gasteiger partial charge in [0.2, 0.25) is 0 Å². The van der Waals surface area contributed by atoms with Crippen molar-refractivity contribution in [2.75, 3.05) is 14.2 Å². The molecule has 0 saturated heterocycles. The zero-order valence-electron chi connectivity index (χ0n) is 15.7. The first-order chi connectivity index (χ1) is 12.1. The van der Waals surface area contributed by atoms with Crippen molar-refractivity contribution in [1.82, 2.24) is 0 Å². The zero-order valence-corrected chi connectivity index (χ0v) is 15.7. The van der Waals surface area contributed by atoms with Gasteiger partial charge in [0.1, 0.15) is 11.5 Å². The maximum Gasteiger partial charge on any atom is 0.173 e. The van der Waals surface area contributed by atoms with Gasteiger partial charge < -0.3 is 9.47 Å². The Hall–Kier alpha value is -2.29. The summed E-state index contributed by atoms with van der Waals surface area (Å²) in [5, 5.41) is 0. The molecule has 0 fully saturated rings. The van der Waals surface area contributed by atoms with Crippen molar-refractivity contribution in [2.24, 2.45) is 0 Å². The van der Waals surface area contributed by atoms with Crippen LogP contribution in [-0.4, -0.2) is 20.0 Å². The van der Waals surface area contributed by atoms with E-state index < -0.39 is 5.41 Å². The molecule has 0 atom stereocenters. The van der Waals surface area contributed by atoms with Gasteiger partial charge >= 0.3 is 0 Å². The molecule has 2 aromatic carbocycles. The molecule has 0 heterocycles. The highest BCUT2D eigenvalue weighted by molar-refractivity contribution is 6.04. The van der Waals surface area contributed by atoms with E-state index in [-0.39, 0.29) is 5.78 Å². The molecule has 0 bridgehead atoms. The van der Waals surface area contributed by atoms with Crippen LogP contribution in [0.15, 0.2) is 48.5 Å². The van der Waals surface area contributed by atoms with Crippen LogP contribution in [0, 0.1) is 0 Å². The number of benzene rings is 2. The summed E-state index contributed by atoms with van der Waals surface area (Å²) in [6, 6.07) is 15.4. The molecular formula is C22H28O3. The molecule has 25 heavy (non-hydrogen) atoms. The first-order valence-corrected chi connectivity index (χ1v) is 8.94. The lowest BCUT2D eigenvalue weighted by Crippen LogP contribution is -2.36. The Morgan fingerprint density at radius 3 is 1.64 bits per heavy atom. The molecule has 0 unspecified atom stereocenters. The predicted molar refractivity (Wildman–Crippen MR) is 102 cm³/mol. The minimum atomic E-state index is -0.496. The van der Waals surface area contributed by atoms with Gasteiger partial charge in [-0.25, -0.2) is 0 Å². The molecule has 3 heteroatoms. The van der Waals surface area contributed by atoms with E-state index in [0.29, 0.717) is 0 Å². The Balaban J connectivity index is 2.49. The number of carbonyl (C=O) groups is 1. The van der Waals surface area contributed by atoms with E-state index in [1.165, 1.54) is 0 Å². The van der Waals surface area contributed by atoms with Gasteiger partial charge in [0.15, 0.2) is 5.78 Å². The summed E-state index contributed by atoms with van der Waals surface area (Å²) in [6.07, 6.45) is 3.57. The number of rotatable bonds is 9. The highest BCUT2D eigenvalue weighted by atomic mass is 16.5. The van der Waals surface area contributed by atoms with Crippen molar-refractivity contribution >= 4 is 5.78 Å². The van der Waals surface area contributed by atoms with Crippen LogP contribution in [0.4, 0.5) is 0 Å². The second kappa shape index (κ2) is 8.70. The first kappa shape index (κ1) is 19.0. The zero-order chi connectivity index (χ0) is 18.3. The Labute approximate surface area is 151 Å². The molecule has 0 N–H and O–H groups in total. The molecule has 0 aliphatic heterocycles. The second-order valence-electron chi connectivity index (χ2n) is 6.37. The second-order valence-corrected chi connectivity index (χ2v) is 6.37. The SMILES string of the molecule is CCCC(CCC)(C(=O)c1ccc(OC)cc1)c1ccc(OC)cc1. The molecule has 0 aliphatic rings. The average Bonchev–Trinajstić information content (AvgIpc) is 2.67. The molecule has 0 spiro atoms. The Morgan fingerprint density at radius 2 is 1.24 bits per heavy atom. The molecule has 3 nitrogen and oxygen atoms in total. The van der Waals surface area contributed by atoms with Crippen LogP contribution in [0.2, 0.25) is 0 Å². The summed E-state index contributed by atoms with van der Waals surface area (Å²) in [5.41, 5.74) is 1.31. The van der Waals surface area contributed by atoms with E-state index in [4.69, 9.17) is 9.47 Å². The van der Waals surface area contributed by atoms with Crippen molar-refractivity contribution in [1.29, 1.82) is 0 Å². The average molecular weight is 340 g/mol. The monoisotopic (exact) mass is 340 g/mol. The summed E-state index contributed by atoms with van der Waals surface area (Å²) in [7, 11) is 3.29. The predicted octanol–water partition coefficient (Wildman–Crippen LogP) is 5.42. The molecular weight excluding hydrogens is 312 g/mol. The van der Waals surface area contributed by atoms with Gasteiger partial charge in [-0.15, -0.1) is 0 Å². The van der Waals surface area contributed by atoms with Crippen LogP contribution in [0.5, 0.6) is 11.5 Å². The third kappa shape index (κ3) is 4.04. The standard InChI is InChI=1S/C22H28O3/c1-5-15-22(16-6-2,18-9-13-20(25-4)14-10-18)21(23)17-7-11-19(24-3)12-8-17/h7-14H,5-6,15-16H2,1-4H3. The van der Waals surface area contributed by atoms with Crippen LogP contribution < -0.4 is 9.47 Å². The summed E-state index contributed by atoms with van der Waals surface area (Å²) in [4.78, 5) is 13.5. The van der Waals surface area contributed by atoms with Crippen molar-refractivity contribution in [3.63, 3.8) is 0 Å². The lowest BCUT2D eigenvalue weighted by molar-refractivity contribution is 0.0861. The van der Waals surface area contributed by atoms with Gasteiger partial charge in [-0.3, -0.25) is 4.79 Å². The topological polar surface area (TPSA) is 35.5 Å². The van der Waals surface area contributed by atoms with E-state index in [9.17, 15) is 4.79 Å². The number of Topliss-reactive ketones (excluding diaryl/α,β-unsaturated/α-hetero) is 1. The first-order valence-electron chi connectivity index (χ1n) is 8.94. The van der Waals surface area contributed by atoms with Gasteiger partial charge in [0, 0.05) is 5.56 Å². The third-order valence-corrected chi connectivity index (χ3v) is 4.78. The van der Waals surface area contributed by atoms with Crippen LogP contribution in [0.3, 0.4) is 0 Å². The fraction of sp³-hybridized carbons (Fsp3) is 0.409. The van der Waals surface area contributed by atoms with Crippen LogP contribution in [-0.2, 0) is 5.41 Å². The Kier molecular flexibility index (Phi) is 6.63. The number of carbonyl (C=O) groups excluding carboxylic acids is 1. The summed E-state index contributed by atoms with van der Waals surface area (Å²) in [5.74, 6) is 1.75. The van der Waals surface area contributed by atoms with E-state index in [1.54, 1.807) is 14.2 Å². The van der Waals surface area contributed by atoms with E-state index in [0.717, 1.165) is 48.3 Å². The molecule has 2 rings (SSSR count). The molecule has 0 amide bonds. The summed E-state index contributed by atoms with van der Waals surface area (Å²) >= 11 is 0. The van der Waals surface area contributed by atoms with E-state index >= 15 is 0 Å². The molecule has 0 saturated carbocycles. The molecule has 2 aromatic rings. The van der Waals surface area contributed by atoms with Gasteiger partial charge in [0.05, 0.1) is 19.6 Å². The highest BCUT2D eigenvalue weighted by Crippen LogP contribution is 2.38. The lowest BCUT2D eigenvalue weighted by atomic mass is 9.68. The number of ketones is 1. The summed E-state index contributed by atoms with van der Waals surface area (Å²) in [6.45, 7) is 4.27. The van der Waals surface area contributed by atoms with Crippen LogP contribution >= 0.6 is 0 Å². The molecule has 0 radical (unpaired) electrons. The number of hydrogen-bond donors (Lipinski definition) is 0. The number of ether oxygens (including phenoxy) is 2. The molecule has 0 aromatic heterocycles. The van der Waals surface area contributed by atoms with Gasteiger partial charge in [-0.2, -0.15) is 0 Å². The fourth-order valence-corrected chi connectivity index (χ4v) is 3.55. The normalized spacial score (nSPS) is 11.2. The minimum Gasteiger partial charge on any atom is -0.497 e. The van der Waals surface area contributed by atoms with E-state index in [2.05, 4.69) is 13.8 Å². The quantitative estimate of drug-likeness (QED) is 0.571. The van der Waals surface area contributed by atoms with Crippen molar-refractivity contribution in [3.05, 3.63) is 59.7 Å². The van der Waals surface area contributed by atoms with Gasteiger partial charge in [0.25, 0.3) is 0 Å². The van der Waals surface area contributed by atoms with Crippen molar-refractivity contribution < 1.29 is 14.3 Å². The van der Waals surface area contributed by atoms with E-state index in [1.807, 2.05) is 48.5 Å². The minimum absolute atomic E-state index is 0.184. The highest BCUT2D eigenvalue weighted by Gasteiger charge is 2.38. The smallest absolute Gasteiger partial charge is 0.173 e. The van der Waals surface area contributed by atoms with Crippen LogP contribution in [0.25, 0.3) is 0 Å². The number of methoxy groups -OCH3 is 2. The third-order valence-electron chi connectivity index (χ3n) is 4.78. The molecule has 0 aliphatic carbocycles. The largest absolute Gasteiger partial charge is 0.497 e. The summed E-state index contributed by atoms with van der Waals surface area (Å²) < 4.78 is 10.5. The Morgan fingerprint density at radius 1 is 0.800 bits per heavy atom. The fourth-order valence-electron chi connectivity index (χ4n) is 3.55. The maximum atomic E-state index is 13.5.